The number of carbonyl (C=O) groups excluding carboxylic acids is 2. The molecule has 1 heterocycles. The van der Waals surface area contributed by atoms with E-state index in [-0.39, 0.29) is 18.3 Å². The predicted molar refractivity (Wildman–Crippen MR) is 123 cm³/mol. The van der Waals surface area contributed by atoms with E-state index in [1.54, 1.807) is 45.2 Å². The number of piperidine rings is 1. The number of aryl methyl sites for hydroxylation is 1. The van der Waals surface area contributed by atoms with Crippen molar-refractivity contribution in [1.29, 1.82) is 0 Å². The van der Waals surface area contributed by atoms with Crippen LogP contribution in [0.25, 0.3) is 0 Å². The predicted octanol–water partition coefficient (Wildman–Crippen LogP) is 4.10. The number of halogens is 1. The summed E-state index contributed by atoms with van der Waals surface area (Å²) in [5.41, 5.74) is 3.04. The van der Waals surface area contributed by atoms with E-state index in [1.165, 1.54) is 18.9 Å². The van der Waals surface area contributed by atoms with Crippen LogP contribution in [0.15, 0.2) is 53.9 Å². The Labute approximate surface area is 185 Å². The number of rotatable bonds is 9. The van der Waals surface area contributed by atoms with Gasteiger partial charge in [-0.25, -0.2) is 4.39 Å². The minimum Gasteiger partial charge on any atom is -0.348 e. The van der Waals surface area contributed by atoms with Crippen molar-refractivity contribution in [1.82, 2.24) is 15.1 Å². The molecule has 6 heteroatoms. The van der Waals surface area contributed by atoms with Crippen LogP contribution in [0.4, 0.5) is 4.39 Å². The van der Waals surface area contributed by atoms with Crippen LogP contribution in [0.1, 0.15) is 44.2 Å². The van der Waals surface area contributed by atoms with Gasteiger partial charge in [0.2, 0.25) is 5.91 Å². The Kier molecular flexibility index (Phi) is 9.19. The van der Waals surface area contributed by atoms with Gasteiger partial charge in [-0.2, -0.15) is 0 Å². The Morgan fingerprint density at radius 2 is 2.10 bits per heavy atom. The Morgan fingerprint density at radius 1 is 1.35 bits per heavy atom. The van der Waals surface area contributed by atoms with E-state index in [1.807, 2.05) is 4.90 Å². The molecule has 168 valence electrons. The summed E-state index contributed by atoms with van der Waals surface area (Å²) in [6, 6.07) is 5.26. The van der Waals surface area contributed by atoms with E-state index in [2.05, 4.69) is 23.8 Å². The second-order valence-corrected chi connectivity index (χ2v) is 8.25. The molecule has 1 saturated heterocycles. The summed E-state index contributed by atoms with van der Waals surface area (Å²) in [4.78, 5) is 28.4. The number of hydrogen-bond acceptors (Lipinski definition) is 4. The van der Waals surface area contributed by atoms with Crippen molar-refractivity contribution in [2.45, 2.75) is 52.6 Å². The summed E-state index contributed by atoms with van der Waals surface area (Å²) < 4.78 is 13.7. The summed E-state index contributed by atoms with van der Waals surface area (Å²) >= 11 is 0. The van der Waals surface area contributed by atoms with E-state index in [0.29, 0.717) is 40.6 Å². The van der Waals surface area contributed by atoms with Crippen LogP contribution in [-0.2, 0) is 16.1 Å². The highest BCUT2D eigenvalue weighted by molar-refractivity contribution is 5.92. The lowest BCUT2D eigenvalue weighted by atomic mass is 10.0. The Hall–Kier alpha value is -2.73. The van der Waals surface area contributed by atoms with Crippen molar-refractivity contribution in [3.8, 4) is 0 Å². The zero-order chi connectivity index (χ0) is 23.0. The maximum absolute atomic E-state index is 13.7. The van der Waals surface area contributed by atoms with Crippen LogP contribution in [0.2, 0.25) is 0 Å². The van der Waals surface area contributed by atoms with E-state index < -0.39 is 0 Å². The number of nitrogens with one attached hydrogen (secondary N) is 1. The Morgan fingerprint density at radius 3 is 2.71 bits per heavy atom. The summed E-state index contributed by atoms with van der Waals surface area (Å²) in [6.45, 7) is 11.0. The van der Waals surface area contributed by atoms with Gasteiger partial charge < -0.3 is 15.1 Å². The Balaban J connectivity index is 2.18. The molecule has 0 spiro atoms. The second-order valence-electron chi connectivity index (χ2n) is 8.25. The number of nitrogens with zero attached hydrogens (tertiary/aromatic N) is 2. The molecule has 0 aromatic heterocycles. The largest absolute Gasteiger partial charge is 0.348 e. The highest BCUT2D eigenvalue weighted by Crippen LogP contribution is 2.21. The zero-order valence-electron chi connectivity index (χ0n) is 19.1. The monoisotopic (exact) mass is 427 g/mol. The van der Waals surface area contributed by atoms with Gasteiger partial charge in [0, 0.05) is 42.2 Å². The molecular weight excluding hydrogens is 393 g/mol. The van der Waals surface area contributed by atoms with Crippen molar-refractivity contribution >= 4 is 12.2 Å². The van der Waals surface area contributed by atoms with E-state index >= 15 is 0 Å². The molecule has 1 aromatic rings. The fourth-order valence-electron chi connectivity index (χ4n) is 3.75. The Bertz CT molecular complexity index is 876. The molecule has 1 aliphatic heterocycles. The topological polar surface area (TPSA) is 52.7 Å². The third kappa shape index (κ3) is 6.89. The SMILES string of the molecule is C=C/C(=C(\C)C=O)N(/C=C(\C)C(=O)NCc1ccc(C)c(F)c1)CC1CCCCN1C. The van der Waals surface area contributed by atoms with Crippen LogP contribution < -0.4 is 5.32 Å². The average Bonchev–Trinajstić information content (AvgIpc) is 2.75. The van der Waals surface area contributed by atoms with Gasteiger partial charge in [0.15, 0.2) is 0 Å². The smallest absolute Gasteiger partial charge is 0.248 e. The van der Waals surface area contributed by atoms with Crippen LogP contribution in [0.3, 0.4) is 0 Å². The fraction of sp³-hybridized carbons (Fsp3) is 0.440. The molecule has 1 unspecified atom stereocenters. The van der Waals surface area contributed by atoms with Crippen molar-refractivity contribution in [2.75, 3.05) is 20.1 Å². The summed E-state index contributed by atoms with van der Waals surface area (Å²) in [5, 5.41) is 2.84. The quantitative estimate of drug-likeness (QED) is 0.366. The molecule has 1 aromatic carbocycles. The van der Waals surface area contributed by atoms with Crippen LogP contribution in [0.5, 0.6) is 0 Å². The number of aldehydes is 1. The van der Waals surface area contributed by atoms with Gasteiger partial charge in [-0.05, 0) is 70.5 Å². The number of benzene rings is 1. The average molecular weight is 428 g/mol. The third-order valence-electron chi connectivity index (χ3n) is 5.81. The highest BCUT2D eigenvalue weighted by atomic mass is 19.1. The van der Waals surface area contributed by atoms with Crippen LogP contribution >= 0.6 is 0 Å². The lowest BCUT2D eigenvalue weighted by Gasteiger charge is -2.36. The van der Waals surface area contributed by atoms with Gasteiger partial charge in [0.25, 0.3) is 0 Å². The molecule has 31 heavy (non-hydrogen) atoms. The van der Waals surface area contributed by atoms with Crippen molar-refractivity contribution in [3.63, 3.8) is 0 Å². The molecule has 0 bridgehead atoms. The fourth-order valence-corrected chi connectivity index (χ4v) is 3.75. The van der Waals surface area contributed by atoms with Crippen molar-refractivity contribution in [3.05, 3.63) is 70.8 Å². The first-order valence-corrected chi connectivity index (χ1v) is 10.7. The van der Waals surface area contributed by atoms with Crippen LogP contribution in [-0.4, -0.2) is 48.2 Å². The first kappa shape index (κ1) is 24.5. The van der Waals surface area contributed by atoms with E-state index in [4.69, 9.17) is 0 Å². The summed E-state index contributed by atoms with van der Waals surface area (Å²) in [7, 11) is 2.11. The van der Waals surface area contributed by atoms with Crippen LogP contribution in [0, 0.1) is 12.7 Å². The maximum Gasteiger partial charge on any atom is 0.248 e. The van der Waals surface area contributed by atoms with E-state index in [9.17, 15) is 14.0 Å². The molecule has 1 amide bonds. The van der Waals surface area contributed by atoms with Gasteiger partial charge in [-0.3, -0.25) is 9.59 Å². The van der Waals surface area contributed by atoms with Gasteiger partial charge >= 0.3 is 0 Å². The van der Waals surface area contributed by atoms with Gasteiger partial charge in [-0.1, -0.05) is 25.1 Å². The summed E-state index contributed by atoms with van der Waals surface area (Å²) in [6.07, 6.45) is 7.65. The standard InChI is InChI=1S/C25H34FN3O2/c1-6-24(20(4)17-30)29(16-22-9-7-8-12-28(22)5)15-19(3)25(31)27-14-21-11-10-18(2)23(26)13-21/h6,10-11,13,15,17,22H,1,7-9,12,14,16H2,2-5H3,(H,27,31)/b19-15+,24-20-. The number of likely N-dealkylation sites (tertiary alicyclic amines) is 1. The van der Waals surface area contributed by atoms with Gasteiger partial charge in [0.1, 0.15) is 12.1 Å². The highest BCUT2D eigenvalue weighted by Gasteiger charge is 2.22. The third-order valence-corrected chi connectivity index (χ3v) is 5.81. The second kappa shape index (κ2) is 11.6. The maximum atomic E-state index is 13.7. The van der Waals surface area contributed by atoms with Gasteiger partial charge in [0.05, 0.1) is 0 Å². The molecule has 0 aliphatic carbocycles. The van der Waals surface area contributed by atoms with Crippen molar-refractivity contribution in [2.24, 2.45) is 0 Å². The number of allylic oxidation sites excluding steroid dienone is 2. The zero-order valence-corrected chi connectivity index (χ0v) is 19.1. The molecule has 2 rings (SSSR count). The number of amides is 1. The molecule has 0 radical (unpaired) electrons. The normalized spacial score (nSPS) is 18.2. The minimum absolute atomic E-state index is 0.240. The first-order chi connectivity index (χ1) is 14.8. The molecule has 5 nitrogen and oxygen atoms in total. The minimum atomic E-state index is -0.285. The molecule has 0 saturated carbocycles. The molecule has 1 atom stereocenters. The number of likely N-dealkylation sites (N-methyl/N-ethyl adjacent to an activating group) is 1. The van der Waals surface area contributed by atoms with E-state index in [0.717, 1.165) is 19.3 Å². The van der Waals surface area contributed by atoms with Gasteiger partial charge in [-0.15, -0.1) is 0 Å². The molecule has 1 aliphatic rings. The summed E-state index contributed by atoms with van der Waals surface area (Å²) in [5.74, 6) is -0.526. The molecule has 1 fully saturated rings. The molecular formula is C25H34FN3O2. The lowest BCUT2D eigenvalue weighted by Crippen LogP contribution is -2.43. The molecule has 1 N–H and O–H groups in total. The number of carbonyl (C=O) groups is 2. The number of hydrogen-bond donors (Lipinski definition) is 1. The lowest BCUT2D eigenvalue weighted by molar-refractivity contribution is -0.117. The first-order valence-electron chi connectivity index (χ1n) is 10.7. The van der Waals surface area contributed by atoms with Crippen molar-refractivity contribution < 1.29 is 14.0 Å².